The molecule has 0 aliphatic heterocycles. The summed E-state index contributed by atoms with van der Waals surface area (Å²) in [5.41, 5.74) is 4.04. The Morgan fingerprint density at radius 3 is 2.46 bits per heavy atom. The van der Waals surface area contributed by atoms with Crippen molar-refractivity contribution in [3.05, 3.63) is 94.6 Å². The van der Waals surface area contributed by atoms with Gasteiger partial charge in [0.15, 0.2) is 0 Å². The molecule has 0 saturated heterocycles. The van der Waals surface area contributed by atoms with Gasteiger partial charge in [0.25, 0.3) is 0 Å². The fourth-order valence-corrected chi connectivity index (χ4v) is 3.27. The zero-order chi connectivity index (χ0) is 20.6. The van der Waals surface area contributed by atoms with Crippen LogP contribution in [0.2, 0.25) is 0 Å². The highest BCUT2D eigenvalue weighted by atomic mass is 16.5. The first-order valence-corrected chi connectivity index (χ1v) is 9.87. The van der Waals surface area contributed by atoms with E-state index in [0.717, 1.165) is 28.7 Å². The van der Waals surface area contributed by atoms with Crippen LogP contribution in [0.1, 0.15) is 55.9 Å². The molecule has 0 amide bonds. The highest BCUT2D eigenvalue weighted by Gasteiger charge is 2.29. The van der Waals surface area contributed by atoms with E-state index in [1.807, 2.05) is 61.5 Å². The molecule has 2 nitrogen and oxygen atoms in total. The lowest BCUT2D eigenvalue weighted by atomic mass is 9.85. The maximum atomic E-state index is 11.2. The molecule has 28 heavy (non-hydrogen) atoms. The second kappa shape index (κ2) is 10.1. The predicted molar refractivity (Wildman–Crippen MR) is 120 cm³/mol. The molecule has 2 aromatic carbocycles. The molecule has 2 aromatic rings. The number of aryl methyl sites for hydroxylation is 1. The number of allylic oxidation sites excluding steroid dienone is 5. The van der Waals surface area contributed by atoms with Crippen LogP contribution >= 0.6 is 0 Å². The van der Waals surface area contributed by atoms with Crippen LogP contribution in [-0.4, -0.2) is 12.2 Å². The Kier molecular flexibility index (Phi) is 7.83. The van der Waals surface area contributed by atoms with Crippen molar-refractivity contribution in [2.45, 2.75) is 46.1 Å². The molecular formula is C26H32O2. The molecule has 2 rings (SSSR count). The highest BCUT2D eigenvalue weighted by molar-refractivity contribution is 5.61. The smallest absolute Gasteiger partial charge is 0.125 e. The average Bonchev–Trinajstić information content (AvgIpc) is 2.69. The van der Waals surface area contributed by atoms with Crippen LogP contribution in [0.5, 0.6) is 5.75 Å². The third-order valence-corrected chi connectivity index (χ3v) is 4.97. The second-order valence-electron chi connectivity index (χ2n) is 7.35. The van der Waals surface area contributed by atoms with Gasteiger partial charge >= 0.3 is 0 Å². The Hall–Kier alpha value is -2.58. The molecule has 0 spiro atoms. The Labute approximate surface area is 169 Å². The van der Waals surface area contributed by atoms with Crippen molar-refractivity contribution in [2.75, 3.05) is 7.11 Å². The predicted octanol–water partition coefficient (Wildman–Crippen LogP) is 6.58. The van der Waals surface area contributed by atoms with E-state index in [4.69, 9.17) is 4.74 Å². The first-order valence-electron chi connectivity index (χ1n) is 9.87. The number of ether oxygens (including phenoxy) is 1. The Bertz CT molecular complexity index is 856. The lowest BCUT2D eigenvalue weighted by molar-refractivity contribution is 0.0989. The van der Waals surface area contributed by atoms with Crippen molar-refractivity contribution < 1.29 is 9.84 Å². The minimum atomic E-state index is -1.12. The van der Waals surface area contributed by atoms with E-state index >= 15 is 0 Å². The van der Waals surface area contributed by atoms with Gasteiger partial charge in [-0.15, -0.1) is 0 Å². The van der Waals surface area contributed by atoms with E-state index in [1.165, 1.54) is 12.0 Å². The van der Waals surface area contributed by atoms with Crippen LogP contribution in [-0.2, 0) is 5.60 Å². The lowest BCUT2D eigenvalue weighted by Gasteiger charge is -2.27. The number of rotatable bonds is 8. The summed E-state index contributed by atoms with van der Waals surface area (Å²) in [5, 5.41) is 11.2. The number of hydrogen-bond donors (Lipinski definition) is 1. The molecule has 0 saturated carbocycles. The normalized spacial score (nSPS) is 14.6. The van der Waals surface area contributed by atoms with Gasteiger partial charge in [-0.1, -0.05) is 79.6 Å². The summed E-state index contributed by atoms with van der Waals surface area (Å²) in [6.45, 7) is 8.21. The lowest BCUT2D eigenvalue weighted by Crippen LogP contribution is -2.23. The van der Waals surface area contributed by atoms with E-state index < -0.39 is 5.60 Å². The highest BCUT2D eigenvalue weighted by Crippen LogP contribution is 2.37. The topological polar surface area (TPSA) is 29.5 Å². The first kappa shape index (κ1) is 21.7. The molecule has 0 heterocycles. The summed E-state index contributed by atoms with van der Waals surface area (Å²) in [7, 11) is 1.64. The molecule has 0 aromatic heterocycles. The standard InChI is InChI=1S/C26H32O2/c1-6-13-20(2)14-9-7-10-15-22-19-25(28-5)24(18-21(22)3)26(4,27)23-16-11-8-12-17-23/h7-12,14-19,27H,6,13H2,1-5H3/b9-7-,15-10+,20-14?. The van der Waals surface area contributed by atoms with E-state index in [0.29, 0.717) is 5.75 Å². The van der Waals surface area contributed by atoms with Gasteiger partial charge < -0.3 is 9.84 Å². The van der Waals surface area contributed by atoms with Crippen LogP contribution in [0.3, 0.4) is 0 Å². The molecule has 0 bridgehead atoms. The van der Waals surface area contributed by atoms with Crippen molar-refractivity contribution in [1.29, 1.82) is 0 Å². The van der Waals surface area contributed by atoms with Crippen LogP contribution in [0.4, 0.5) is 0 Å². The monoisotopic (exact) mass is 376 g/mol. The first-order chi connectivity index (χ1) is 13.4. The van der Waals surface area contributed by atoms with Crippen LogP contribution in [0, 0.1) is 6.92 Å². The summed E-state index contributed by atoms with van der Waals surface area (Å²) < 4.78 is 5.61. The Morgan fingerprint density at radius 1 is 1.11 bits per heavy atom. The quantitative estimate of drug-likeness (QED) is 0.528. The van der Waals surface area contributed by atoms with Gasteiger partial charge in [-0.3, -0.25) is 0 Å². The largest absolute Gasteiger partial charge is 0.496 e. The van der Waals surface area contributed by atoms with Gasteiger partial charge in [-0.05, 0) is 56.0 Å². The van der Waals surface area contributed by atoms with Crippen molar-refractivity contribution in [2.24, 2.45) is 0 Å². The van der Waals surface area contributed by atoms with Gasteiger partial charge in [0, 0.05) is 5.56 Å². The molecule has 0 radical (unpaired) electrons. The van der Waals surface area contributed by atoms with Gasteiger partial charge in [0.05, 0.1) is 7.11 Å². The molecule has 2 heteroatoms. The fourth-order valence-electron chi connectivity index (χ4n) is 3.27. The summed E-state index contributed by atoms with van der Waals surface area (Å²) in [4.78, 5) is 0. The van der Waals surface area contributed by atoms with Gasteiger partial charge in [0.2, 0.25) is 0 Å². The molecular weight excluding hydrogens is 344 g/mol. The van der Waals surface area contributed by atoms with Gasteiger partial charge in [0.1, 0.15) is 11.4 Å². The van der Waals surface area contributed by atoms with Crippen molar-refractivity contribution >= 4 is 6.08 Å². The van der Waals surface area contributed by atoms with Gasteiger partial charge in [-0.25, -0.2) is 0 Å². The third-order valence-electron chi connectivity index (χ3n) is 4.97. The maximum Gasteiger partial charge on any atom is 0.125 e. The molecule has 148 valence electrons. The van der Waals surface area contributed by atoms with E-state index in [1.54, 1.807) is 7.11 Å². The molecule has 1 N–H and O–H groups in total. The molecule has 0 aliphatic carbocycles. The van der Waals surface area contributed by atoms with Crippen molar-refractivity contribution in [3.8, 4) is 5.75 Å². The summed E-state index contributed by atoms with van der Waals surface area (Å²) in [6, 6.07) is 13.7. The summed E-state index contributed by atoms with van der Waals surface area (Å²) in [5.74, 6) is 0.682. The van der Waals surface area contributed by atoms with Gasteiger partial charge in [-0.2, -0.15) is 0 Å². The number of hydrogen-bond acceptors (Lipinski definition) is 2. The molecule has 1 unspecified atom stereocenters. The van der Waals surface area contributed by atoms with Crippen molar-refractivity contribution in [3.63, 3.8) is 0 Å². The molecule has 0 fully saturated rings. The Morgan fingerprint density at radius 2 is 1.82 bits per heavy atom. The Balaban J connectivity index is 2.30. The minimum absolute atomic E-state index is 0.682. The van der Waals surface area contributed by atoms with Crippen LogP contribution in [0.15, 0.2) is 72.3 Å². The SMILES string of the molecule is CCCC(C)=C/C=C\C=C\c1cc(OC)c(C(C)(O)c2ccccc2)cc1C. The number of aliphatic hydroxyl groups is 1. The molecule has 0 aliphatic rings. The maximum absolute atomic E-state index is 11.2. The summed E-state index contributed by atoms with van der Waals surface area (Å²) in [6.07, 6.45) is 12.7. The summed E-state index contributed by atoms with van der Waals surface area (Å²) >= 11 is 0. The van der Waals surface area contributed by atoms with Crippen LogP contribution < -0.4 is 4.74 Å². The molecule has 1 atom stereocenters. The zero-order valence-corrected chi connectivity index (χ0v) is 17.7. The van der Waals surface area contributed by atoms with Crippen LogP contribution in [0.25, 0.3) is 6.08 Å². The van der Waals surface area contributed by atoms with E-state index in [2.05, 4.69) is 39.0 Å². The fraction of sp³-hybridized carbons (Fsp3) is 0.308. The number of methoxy groups -OCH3 is 1. The minimum Gasteiger partial charge on any atom is -0.496 e. The second-order valence-corrected chi connectivity index (χ2v) is 7.35. The average molecular weight is 377 g/mol. The van der Waals surface area contributed by atoms with E-state index in [-0.39, 0.29) is 0 Å². The zero-order valence-electron chi connectivity index (χ0n) is 17.7. The van der Waals surface area contributed by atoms with Crippen molar-refractivity contribution in [1.82, 2.24) is 0 Å². The number of benzene rings is 2. The van der Waals surface area contributed by atoms with E-state index in [9.17, 15) is 5.11 Å². The third kappa shape index (κ3) is 5.46.